The van der Waals surface area contributed by atoms with E-state index < -0.39 is 0 Å². The Balaban J connectivity index is 1.71. The molecule has 1 amide bonds. The van der Waals surface area contributed by atoms with Crippen molar-refractivity contribution in [1.82, 2.24) is 15.1 Å². The maximum Gasteiger partial charge on any atom is 0.254 e. The van der Waals surface area contributed by atoms with Gasteiger partial charge in [-0.15, -0.1) is 0 Å². The molecule has 27 heavy (non-hydrogen) atoms. The fourth-order valence-electron chi connectivity index (χ4n) is 2.92. The molecule has 0 radical (unpaired) electrons. The van der Waals surface area contributed by atoms with E-state index in [1.807, 2.05) is 56.3 Å². The summed E-state index contributed by atoms with van der Waals surface area (Å²) in [5, 5.41) is 7.96. The summed E-state index contributed by atoms with van der Waals surface area (Å²) in [5.41, 5.74) is 3.50. The van der Waals surface area contributed by atoms with Gasteiger partial charge in [-0.3, -0.25) is 9.48 Å². The molecule has 1 heterocycles. The molecule has 0 saturated heterocycles. The number of aryl methyl sites for hydroxylation is 1. The average Bonchev–Trinajstić information content (AvgIpc) is 3.12. The Hall–Kier alpha value is -2.79. The van der Waals surface area contributed by atoms with E-state index in [4.69, 9.17) is 16.3 Å². The molecule has 0 spiro atoms. The molecule has 3 rings (SSSR count). The Labute approximate surface area is 163 Å². The van der Waals surface area contributed by atoms with Crippen molar-refractivity contribution in [3.05, 3.63) is 82.1 Å². The molecule has 1 aromatic heterocycles. The first-order valence-electron chi connectivity index (χ1n) is 8.69. The van der Waals surface area contributed by atoms with E-state index in [2.05, 4.69) is 10.4 Å². The van der Waals surface area contributed by atoms with E-state index in [0.29, 0.717) is 17.1 Å². The number of carbonyl (C=O) groups is 1. The second kappa shape index (κ2) is 8.27. The third-order valence-electron chi connectivity index (χ3n) is 4.38. The van der Waals surface area contributed by atoms with Crippen LogP contribution in [0.4, 0.5) is 0 Å². The molecule has 0 saturated carbocycles. The molecule has 2 aromatic carbocycles. The van der Waals surface area contributed by atoms with Crippen molar-refractivity contribution in [2.45, 2.75) is 26.4 Å². The average molecular weight is 384 g/mol. The topological polar surface area (TPSA) is 56.1 Å². The summed E-state index contributed by atoms with van der Waals surface area (Å²) in [7, 11) is 1.63. The summed E-state index contributed by atoms with van der Waals surface area (Å²) < 4.78 is 7.11. The lowest BCUT2D eigenvalue weighted by atomic mass is 10.0. The molecule has 140 valence electrons. The molecule has 3 aromatic rings. The summed E-state index contributed by atoms with van der Waals surface area (Å²) in [4.78, 5) is 12.6. The lowest BCUT2D eigenvalue weighted by Gasteiger charge is -2.17. The van der Waals surface area contributed by atoms with Crippen LogP contribution >= 0.6 is 11.6 Å². The molecule has 1 N–H and O–H groups in total. The number of methoxy groups -OCH3 is 1. The summed E-state index contributed by atoms with van der Waals surface area (Å²) >= 11 is 6.19. The van der Waals surface area contributed by atoms with E-state index in [1.165, 1.54) is 0 Å². The number of nitrogens with zero attached hydrogens (tertiary/aromatic N) is 2. The van der Waals surface area contributed by atoms with Crippen LogP contribution in [-0.2, 0) is 6.54 Å². The molecule has 6 heteroatoms. The first-order valence-corrected chi connectivity index (χ1v) is 9.07. The standard InChI is InChI=1S/C21H22ClN3O2/c1-14-8-9-20(27-3)18(10-14)15(2)24-21(26)17-11-23-25(13-17)12-16-6-4-5-7-19(16)22/h4-11,13,15H,12H2,1-3H3,(H,24,26). The number of carbonyl (C=O) groups excluding carboxylic acids is 1. The first kappa shape index (κ1) is 19.0. The minimum atomic E-state index is -0.195. The third-order valence-corrected chi connectivity index (χ3v) is 4.75. The number of rotatable bonds is 6. The van der Waals surface area contributed by atoms with E-state index >= 15 is 0 Å². The SMILES string of the molecule is COc1ccc(C)cc1C(C)NC(=O)c1cnn(Cc2ccccc2Cl)c1. The van der Waals surface area contributed by atoms with Crippen molar-refractivity contribution in [3.8, 4) is 5.75 Å². The quantitative estimate of drug-likeness (QED) is 0.686. The van der Waals surface area contributed by atoms with Gasteiger partial charge in [0.1, 0.15) is 5.75 Å². The van der Waals surface area contributed by atoms with Crippen molar-refractivity contribution >= 4 is 17.5 Å². The van der Waals surface area contributed by atoms with Crippen LogP contribution in [0.15, 0.2) is 54.9 Å². The van der Waals surface area contributed by atoms with Gasteiger partial charge in [-0.1, -0.05) is 47.5 Å². The van der Waals surface area contributed by atoms with Gasteiger partial charge in [0.05, 0.1) is 31.5 Å². The van der Waals surface area contributed by atoms with Crippen LogP contribution in [0.3, 0.4) is 0 Å². The zero-order valence-electron chi connectivity index (χ0n) is 15.6. The molecule has 5 nitrogen and oxygen atoms in total. The van der Waals surface area contributed by atoms with Gasteiger partial charge in [-0.05, 0) is 31.5 Å². The van der Waals surface area contributed by atoms with Crippen molar-refractivity contribution in [1.29, 1.82) is 0 Å². The largest absolute Gasteiger partial charge is 0.496 e. The molecular formula is C21H22ClN3O2. The van der Waals surface area contributed by atoms with Crippen molar-refractivity contribution in [3.63, 3.8) is 0 Å². The molecule has 1 atom stereocenters. The zero-order chi connectivity index (χ0) is 19.4. The van der Waals surface area contributed by atoms with Gasteiger partial charge in [0, 0.05) is 16.8 Å². The second-order valence-electron chi connectivity index (χ2n) is 6.46. The molecule has 0 aliphatic rings. The maximum atomic E-state index is 12.6. The predicted molar refractivity (Wildman–Crippen MR) is 106 cm³/mol. The van der Waals surface area contributed by atoms with Gasteiger partial charge in [0.2, 0.25) is 0 Å². The van der Waals surface area contributed by atoms with Gasteiger partial charge < -0.3 is 10.1 Å². The van der Waals surface area contributed by atoms with Gasteiger partial charge in [0.15, 0.2) is 0 Å². The Morgan fingerprint density at radius 2 is 2.07 bits per heavy atom. The number of aromatic nitrogens is 2. The lowest BCUT2D eigenvalue weighted by molar-refractivity contribution is 0.0939. The van der Waals surface area contributed by atoms with Crippen LogP contribution in [0.5, 0.6) is 5.75 Å². The van der Waals surface area contributed by atoms with Crippen molar-refractivity contribution in [2.24, 2.45) is 0 Å². The van der Waals surface area contributed by atoms with Crippen molar-refractivity contribution < 1.29 is 9.53 Å². The van der Waals surface area contributed by atoms with Gasteiger partial charge in [0.25, 0.3) is 5.91 Å². The van der Waals surface area contributed by atoms with Crippen LogP contribution in [0, 0.1) is 6.92 Å². The van der Waals surface area contributed by atoms with Gasteiger partial charge >= 0.3 is 0 Å². The number of nitrogens with one attached hydrogen (secondary N) is 1. The number of benzene rings is 2. The van der Waals surface area contributed by atoms with E-state index in [-0.39, 0.29) is 11.9 Å². The number of halogens is 1. The van der Waals surface area contributed by atoms with Crippen LogP contribution in [0.1, 0.15) is 40.0 Å². The molecule has 0 fully saturated rings. The fourth-order valence-corrected chi connectivity index (χ4v) is 3.11. The van der Waals surface area contributed by atoms with E-state index in [9.17, 15) is 4.79 Å². The number of hydrogen-bond donors (Lipinski definition) is 1. The van der Waals surface area contributed by atoms with Gasteiger partial charge in [-0.25, -0.2) is 0 Å². The van der Waals surface area contributed by atoms with Crippen LogP contribution in [-0.4, -0.2) is 22.8 Å². The normalized spacial score (nSPS) is 11.9. The minimum Gasteiger partial charge on any atom is -0.496 e. The van der Waals surface area contributed by atoms with Crippen LogP contribution < -0.4 is 10.1 Å². The van der Waals surface area contributed by atoms with Crippen LogP contribution in [0.25, 0.3) is 0 Å². The smallest absolute Gasteiger partial charge is 0.254 e. The monoisotopic (exact) mass is 383 g/mol. The molecule has 0 aliphatic carbocycles. The zero-order valence-corrected chi connectivity index (χ0v) is 16.3. The Kier molecular flexibility index (Phi) is 5.81. The molecular weight excluding hydrogens is 362 g/mol. The molecule has 0 aliphatic heterocycles. The lowest BCUT2D eigenvalue weighted by Crippen LogP contribution is -2.26. The van der Waals surface area contributed by atoms with E-state index in [0.717, 1.165) is 22.4 Å². The maximum absolute atomic E-state index is 12.6. The number of amides is 1. The van der Waals surface area contributed by atoms with Crippen molar-refractivity contribution in [2.75, 3.05) is 7.11 Å². The summed E-state index contributed by atoms with van der Waals surface area (Å²) in [6.07, 6.45) is 3.28. The Morgan fingerprint density at radius 3 is 2.81 bits per heavy atom. The van der Waals surface area contributed by atoms with Gasteiger partial charge in [-0.2, -0.15) is 5.10 Å². The highest BCUT2D eigenvalue weighted by molar-refractivity contribution is 6.31. The fraction of sp³-hybridized carbons (Fsp3) is 0.238. The first-order chi connectivity index (χ1) is 13.0. The summed E-state index contributed by atoms with van der Waals surface area (Å²) in [6, 6.07) is 13.3. The summed E-state index contributed by atoms with van der Waals surface area (Å²) in [5.74, 6) is 0.569. The third kappa shape index (κ3) is 4.49. The molecule has 0 bridgehead atoms. The Morgan fingerprint density at radius 1 is 1.30 bits per heavy atom. The van der Waals surface area contributed by atoms with E-state index in [1.54, 1.807) is 24.2 Å². The highest BCUT2D eigenvalue weighted by atomic mass is 35.5. The van der Waals surface area contributed by atoms with Crippen LogP contribution in [0.2, 0.25) is 5.02 Å². The Bertz CT molecular complexity index is 952. The number of hydrogen-bond acceptors (Lipinski definition) is 3. The second-order valence-corrected chi connectivity index (χ2v) is 6.87. The highest BCUT2D eigenvalue weighted by Gasteiger charge is 2.17. The minimum absolute atomic E-state index is 0.184. The molecule has 1 unspecified atom stereocenters. The predicted octanol–water partition coefficient (Wildman–Crippen LogP) is 4.39. The number of ether oxygens (including phenoxy) is 1. The highest BCUT2D eigenvalue weighted by Crippen LogP contribution is 2.26. The summed E-state index contributed by atoms with van der Waals surface area (Å²) in [6.45, 7) is 4.45.